The van der Waals surface area contributed by atoms with Crippen molar-refractivity contribution in [3.63, 3.8) is 0 Å². The average Bonchev–Trinajstić information content (AvgIpc) is 2.47. The normalized spacial score (nSPS) is 10.6. The summed E-state index contributed by atoms with van der Waals surface area (Å²) in [6, 6.07) is 14.6. The third-order valence-electron chi connectivity index (χ3n) is 2.74. The average molecular weight is 321 g/mol. The van der Waals surface area contributed by atoms with Crippen molar-refractivity contribution in [2.75, 3.05) is 0 Å². The molecular formula is C16H14Cl2N2O. The Kier molecular flexibility index (Phi) is 5.67. The molecule has 21 heavy (non-hydrogen) atoms. The molecule has 0 spiro atoms. The molecule has 2 amide bonds. The highest BCUT2D eigenvalue weighted by molar-refractivity contribution is 6.35. The van der Waals surface area contributed by atoms with Gasteiger partial charge in [-0.3, -0.25) is 0 Å². The summed E-state index contributed by atoms with van der Waals surface area (Å²) in [7, 11) is 0. The summed E-state index contributed by atoms with van der Waals surface area (Å²) in [5.74, 6) is 0. The number of amides is 2. The molecule has 0 aliphatic rings. The summed E-state index contributed by atoms with van der Waals surface area (Å²) in [6.07, 6.45) is 3.41. The zero-order valence-electron chi connectivity index (χ0n) is 11.1. The first-order chi connectivity index (χ1) is 10.1. The number of urea groups is 1. The Morgan fingerprint density at radius 1 is 1.10 bits per heavy atom. The van der Waals surface area contributed by atoms with E-state index in [1.54, 1.807) is 24.4 Å². The second-order valence-corrected chi connectivity index (χ2v) is 5.15. The number of carbonyl (C=O) groups is 1. The van der Waals surface area contributed by atoms with Gasteiger partial charge >= 0.3 is 6.03 Å². The van der Waals surface area contributed by atoms with E-state index in [0.717, 1.165) is 11.1 Å². The lowest BCUT2D eigenvalue weighted by Gasteiger charge is -2.07. The number of halogens is 2. The lowest BCUT2D eigenvalue weighted by molar-refractivity contribution is 0.244. The smallest absolute Gasteiger partial charge is 0.319 e. The van der Waals surface area contributed by atoms with Crippen molar-refractivity contribution in [3.8, 4) is 0 Å². The molecule has 0 heterocycles. The summed E-state index contributed by atoms with van der Waals surface area (Å²) in [6.45, 7) is 0.334. The summed E-state index contributed by atoms with van der Waals surface area (Å²) >= 11 is 11.8. The van der Waals surface area contributed by atoms with Crippen molar-refractivity contribution in [3.05, 3.63) is 75.9 Å². The van der Waals surface area contributed by atoms with E-state index >= 15 is 0 Å². The van der Waals surface area contributed by atoms with E-state index in [0.29, 0.717) is 16.6 Å². The fraction of sp³-hybridized carbons (Fsp3) is 0.0625. The molecule has 0 bridgehead atoms. The van der Waals surface area contributed by atoms with E-state index in [1.807, 2.05) is 36.4 Å². The van der Waals surface area contributed by atoms with Gasteiger partial charge < -0.3 is 10.6 Å². The minimum absolute atomic E-state index is 0.298. The van der Waals surface area contributed by atoms with Crippen molar-refractivity contribution in [1.29, 1.82) is 0 Å². The Bertz CT molecular complexity index is 642. The molecule has 2 N–H and O–H groups in total. The van der Waals surface area contributed by atoms with E-state index in [1.165, 1.54) is 0 Å². The highest BCUT2D eigenvalue weighted by Crippen LogP contribution is 2.20. The van der Waals surface area contributed by atoms with Crippen molar-refractivity contribution in [2.24, 2.45) is 0 Å². The number of hydrogen-bond donors (Lipinski definition) is 2. The largest absolute Gasteiger partial charge is 0.334 e. The van der Waals surface area contributed by atoms with Gasteiger partial charge in [0.05, 0.1) is 0 Å². The van der Waals surface area contributed by atoms with Crippen molar-refractivity contribution >= 4 is 35.3 Å². The van der Waals surface area contributed by atoms with Crippen LogP contribution in [0.2, 0.25) is 10.0 Å². The first-order valence-corrected chi connectivity index (χ1v) is 7.10. The van der Waals surface area contributed by atoms with Gasteiger partial charge in [0.1, 0.15) is 0 Å². The third-order valence-corrected chi connectivity index (χ3v) is 3.33. The maximum Gasteiger partial charge on any atom is 0.319 e. The summed E-state index contributed by atoms with van der Waals surface area (Å²) < 4.78 is 0. The van der Waals surface area contributed by atoms with Gasteiger partial charge in [-0.05, 0) is 29.3 Å². The number of carbonyl (C=O) groups excluding carboxylic acids is 1. The monoisotopic (exact) mass is 320 g/mol. The third kappa shape index (κ3) is 5.14. The fourth-order valence-corrected chi connectivity index (χ4v) is 2.14. The molecule has 0 aliphatic carbocycles. The Balaban J connectivity index is 1.81. The zero-order valence-corrected chi connectivity index (χ0v) is 12.7. The number of nitrogens with one attached hydrogen (secondary N) is 2. The van der Waals surface area contributed by atoms with Gasteiger partial charge in [0.25, 0.3) is 0 Å². The molecule has 5 heteroatoms. The van der Waals surface area contributed by atoms with Gasteiger partial charge in [0.15, 0.2) is 0 Å². The fourth-order valence-electron chi connectivity index (χ4n) is 1.67. The first-order valence-electron chi connectivity index (χ1n) is 6.35. The van der Waals surface area contributed by atoms with E-state index in [-0.39, 0.29) is 6.03 Å². The molecular weight excluding hydrogens is 307 g/mol. The molecule has 3 nitrogen and oxygen atoms in total. The summed E-state index contributed by atoms with van der Waals surface area (Å²) in [4.78, 5) is 11.6. The minimum atomic E-state index is -0.298. The summed E-state index contributed by atoms with van der Waals surface area (Å²) in [5, 5.41) is 6.45. The molecule has 0 saturated carbocycles. The molecule has 0 aromatic heterocycles. The maximum atomic E-state index is 11.6. The molecule has 0 saturated heterocycles. The Labute approximate surface area is 133 Å². The molecule has 2 aromatic carbocycles. The first kappa shape index (κ1) is 15.4. The highest BCUT2D eigenvalue weighted by Gasteiger charge is 2.03. The quantitative estimate of drug-likeness (QED) is 0.857. The van der Waals surface area contributed by atoms with Gasteiger partial charge in [0.2, 0.25) is 0 Å². The maximum absolute atomic E-state index is 11.6. The standard InChI is InChI=1S/C16H14Cl2N2O/c17-14-7-6-13(15(18)10-14)11-20-16(21)19-9-8-12-4-2-1-3-5-12/h1-10H,11H2,(H2,19,20,21)/b9-8+. The number of rotatable bonds is 4. The molecule has 0 unspecified atom stereocenters. The minimum Gasteiger partial charge on any atom is -0.334 e. The molecule has 0 atom stereocenters. The molecule has 2 aromatic rings. The van der Waals surface area contributed by atoms with Crippen LogP contribution >= 0.6 is 23.2 Å². The number of benzene rings is 2. The Hall–Kier alpha value is -1.97. The van der Waals surface area contributed by atoms with Crippen molar-refractivity contribution in [2.45, 2.75) is 6.54 Å². The molecule has 108 valence electrons. The Morgan fingerprint density at radius 3 is 2.57 bits per heavy atom. The second kappa shape index (κ2) is 7.72. The number of hydrogen-bond acceptors (Lipinski definition) is 1. The van der Waals surface area contributed by atoms with Crippen LogP contribution in [0.5, 0.6) is 0 Å². The SMILES string of the molecule is O=C(N/C=C/c1ccccc1)NCc1ccc(Cl)cc1Cl. The van der Waals surface area contributed by atoms with Gasteiger partial charge in [-0.25, -0.2) is 4.79 Å². The summed E-state index contributed by atoms with van der Waals surface area (Å²) in [5.41, 5.74) is 1.82. The molecule has 0 fully saturated rings. The second-order valence-electron chi connectivity index (χ2n) is 4.31. The topological polar surface area (TPSA) is 41.1 Å². The Morgan fingerprint density at radius 2 is 1.86 bits per heavy atom. The lowest BCUT2D eigenvalue weighted by Crippen LogP contribution is -2.31. The van der Waals surface area contributed by atoms with Gasteiger partial charge in [0, 0.05) is 22.8 Å². The van der Waals surface area contributed by atoms with Crippen LogP contribution in [0.25, 0.3) is 6.08 Å². The van der Waals surface area contributed by atoms with Crippen LogP contribution in [0.1, 0.15) is 11.1 Å². The van der Waals surface area contributed by atoms with Crippen LogP contribution in [0.3, 0.4) is 0 Å². The van der Waals surface area contributed by atoms with E-state index < -0.39 is 0 Å². The predicted octanol–water partition coefficient (Wildman–Crippen LogP) is 4.46. The van der Waals surface area contributed by atoms with Crippen LogP contribution < -0.4 is 10.6 Å². The highest BCUT2D eigenvalue weighted by atomic mass is 35.5. The zero-order chi connectivity index (χ0) is 15.1. The van der Waals surface area contributed by atoms with E-state index in [2.05, 4.69) is 10.6 Å². The van der Waals surface area contributed by atoms with E-state index in [4.69, 9.17) is 23.2 Å². The van der Waals surface area contributed by atoms with Crippen LogP contribution in [0.4, 0.5) is 4.79 Å². The van der Waals surface area contributed by atoms with Crippen LogP contribution in [-0.2, 0) is 6.54 Å². The van der Waals surface area contributed by atoms with Crippen LogP contribution in [0, 0.1) is 0 Å². The predicted molar refractivity (Wildman–Crippen MR) is 87.3 cm³/mol. The molecule has 0 radical (unpaired) electrons. The van der Waals surface area contributed by atoms with Crippen molar-refractivity contribution < 1.29 is 4.79 Å². The molecule has 2 rings (SSSR count). The van der Waals surface area contributed by atoms with Crippen molar-refractivity contribution in [1.82, 2.24) is 10.6 Å². The van der Waals surface area contributed by atoms with Gasteiger partial charge in [-0.15, -0.1) is 0 Å². The van der Waals surface area contributed by atoms with E-state index in [9.17, 15) is 4.79 Å². The lowest BCUT2D eigenvalue weighted by atomic mass is 10.2. The van der Waals surface area contributed by atoms with Gasteiger partial charge in [-0.2, -0.15) is 0 Å². The van der Waals surface area contributed by atoms with Gasteiger partial charge in [-0.1, -0.05) is 59.6 Å². The molecule has 0 aliphatic heterocycles. The van der Waals surface area contributed by atoms with Crippen LogP contribution in [-0.4, -0.2) is 6.03 Å². The van der Waals surface area contributed by atoms with Crippen LogP contribution in [0.15, 0.2) is 54.7 Å².